The quantitative estimate of drug-likeness (QED) is 0.731. The first-order chi connectivity index (χ1) is 9.15. The van der Waals surface area contributed by atoms with Gasteiger partial charge in [-0.05, 0) is 18.6 Å². The number of aliphatic hydroxyl groups is 1. The van der Waals surface area contributed by atoms with Crippen molar-refractivity contribution in [2.75, 3.05) is 26.1 Å². The van der Waals surface area contributed by atoms with E-state index in [2.05, 4.69) is 5.32 Å². The van der Waals surface area contributed by atoms with E-state index in [1.165, 1.54) is 11.3 Å². The molecule has 0 bridgehead atoms. The maximum Gasteiger partial charge on any atom is 0.230 e. The number of thiophene rings is 1. The van der Waals surface area contributed by atoms with E-state index in [0.717, 1.165) is 15.0 Å². The van der Waals surface area contributed by atoms with Crippen LogP contribution in [-0.4, -0.2) is 43.1 Å². The molecule has 0 radical (unpaired) electrons. The van der Waals surface area contributed by atoms with Gasteiger partial charge in [0.1, 0.15) is 0 Å². The van der Waals surface area contributed by atoms with E-state index in [1.807, 2.05) is 12.1 Å². The number of nitrogens with one attached hydrogen (secondary N) is 1. The Bertz CT molecular complexity index is 381. The monoisotopic (exact) mass is 323 g/mol. The lowest BCUT2D eigenvalue weighted by atomic mass is 10.2. The lowest BCUT2D eigenvalue weighted by Crippen LogP contribution is -2.39. The third kappa shape index (κ3) is 7.17. The van der Waals surface area contributed by atoms with Crippen molar-refractivity contribution >= 4 is 40.6 Å². The Morgan fingerprint density at radius 2 is 2.42 bits per heavy atom. The molecular weight excluding hydrogens is 306 g/mol. The summed E-state index contributed by atoms with van der Waals surface area (Å²) in [7, 11) is 1.58. The van der Waals surface area contributed by atoms with Crippen molar-refractivity contribution in [3.63, 3.8) is 0 Å². The van der Waals surface area contributed by atoms with Crippen LogP contribution < -0.4 is 5.32 Å². The predicted molar refractivity (Wildman–Crippen MR) is 81.0 cm³/mol. The smallest absolute Gasteiger partial charge is 0.230 e. The molecule has 0 saturated carbocycles. The zero-order chi connectivity index (χ0) is 14.1. The van der Waals surface area contributed by atoms with Crippen molar-refractivity contribution in [2.24, 2.45) is 0 Å². The molecule has 0 aliphatic heterocycles. The highest BCUT2D eigenvalue weighted by Crippen LogP contribution is 2.24. The molecule has 0 fully saturated rings. The summed E-state index contributed by atoms with van der Waals surface area (Å²) in [5.74, 6) is 1.13. The molecule has 108 valence electrons. The molecule has 0 aromatic carbocycles. The Morgan fingerprint density at radius 3 is 3.00 bits per heavy atom. The molecule has 0 aliphatic rings. The minimum absolute atomic E-state index is 0.0368. The van der Waals surface area contributed by atoms with Crippen molar-refractivity contribution in [3.8, 4) is 0 Å². The van der Waals surface area contributed by atoms with Gasteiger partial charge in [-0.15, -0.1) is 23.1 Å². The highest BCUT2D eigenvalue weighted by atomic mass is 35.5. The van der Waals surface area contributed by atoms with E-state index in [4.69, 9.17) is 21.4 Å². The maximum absolute atomic E-state index is 11.7. The normalized spacial score (nSPS) is 12.4. The number of methoxy groups -OCH3 is 1. The molecule has 1 heterocycles. The molecular formula is C12H18ClNO3S2. The molecule has 0 aliphatic carbocycles. The van der Waals surface area contributed by atoms with Crippen molar-refractivity contribution < 1.29 is 14.6 Å². The Kier molecular flexibility index (Phi) is 8.48. The number of hydrogen-bond donors (Lipinski definition) is 2. The molecule has 0 spiro atoms. The molecule has 2 N–H and O–H groups in total. The van der Waals surface area contributed by atoms with Gasteiger partial charge >= 0.3 is 0 Å². The van der Waals surface area contributed by atoms with Gasteiger partial charge in [-0.1, -0.05) is 11.6 Å². The lowest BCUT2D eigenvalue weighted by Gasteiger charge is -2.16. The van der Waals surface area contributed by atoms with Crippen LogP contribution in [0.5, 0.6) is 0 Å². The van der Waals surface area contributed by atoms with Gasteiger partial charge in [0, 0.05) is 24.3 Å². The van der Waals surface area contributed by atoms with Crippen molar-refractivity contribution in [1.82, 2.24) is 5.32 Å². The third-order valence-corrected chi connectivity index (χ3v) is 4.71. The Morgan fingerprint density at radius 1 is 1.63 bits per heavy atom. The molecule has 0 saturated heterocycles. The zero-order valence-corrected chi connectivity index (χ0v) is 13.1. The van der Waals surface area contributed by atoms with Crippen LogP contribution in [-0.2, 0) is 15.3 Å². The molecule has 1 aromatic rings. The number of thioether (sulfide) groups is 1. The molecule has 7 heteroatoms. The number of carbonyl (C=O) groups is 1. The maximum atomic E-state index is 11.7. The highest BCUT2D eigenvalue weighted by Gasteiger charge is 2.11. The van der Waals surface area contributed by atoms with Crippen LogP contribution >= 0.6 is 34.7 Å². The summed E-state index contributed by atoms with van der Waals surface area (Å²) in [6, 6.07) is 3.70. The van der Waals surface area contributed by atoms with Crippen LogP contribution in [0.25, 0.3) is 0 Å². The minimum atomic E-state index is -0.126. The van der Waals surface area contributed by atoms with Gasteiger partial charge in [-0.2, -0.15) is 0 Å². The van der Waals surface area contributed by atoms with Crippen LogP contribution in [0.3, 0.4) is 0 Å². The second-order valence-corrected chi connectivity index (χ2v) is 6.72. The Balaban J connectivity index is 2.22. The van der Waals surface area contributed by atoms with Gasteiger partial charge in [0.05, 0.1) is 22.7 Å². The largest absolute Gasteiger partial charge is 0.396 e. The third-order valence-electron chi connectivity index (χ3n) is 2.32. The average Bonchev–Trinajstić information content (AvgIpc) is 2.76. The van der Waals surface area contributed by atoms with Gasteiger partial charge in [0.2, 0.25) is 5.91 Å². The summed E-state index contributed by atoms with van der Waals surface area (Å²) in [4.78, 5) is 12.9. The number of aliphatic hydroxyl groups excluding tert-OH is 1. The van der Waals surface area contributed by atoms with Crippen LogP contribution in [0.1, 0.15) is 11.3 Å². The first-order valence-electron chi connectivity index (χ1n) is 5.86. The van der Waals surface area contributed by atoms with Gasteiger partial charge in [0.25, 0.3) is 0 Å². The van der Waals surface area contributed by atoms with Crippen LogP contribution in [0.2, 0.25) is 4.34 Å². The van der Waals surface area contributed by atoms with E-state index >= 15 is 0 Å². The fraction of sp³-hybridized carbons (Fsp3) is 0.583. The second kappa shape index (κ2) is 9.61. The molecule has 19 heavy (non-hydrogen) atoms. The summed E-state index contributed by atoms with van der Waals surface area (Å²) in [5.41, 5.74) is 0. The zero-order valence-electron chi connectivity index (χ0n) is 10.7. The van der Waals surface area contributed by atoms with E-state index in [9.17, 15) is 4.79 Å². The van der Waals surface area contributed by atoms with E-state index < -0.39 is 0 Å². The predicted octanol–water partition coefficient (Wildman–Crippen LogP) is 2.15. The summed E-state index contributed by atoms with van der Waals surface area (Å²) >= 11 is 8.90. The fourth-order valence-electron chi connectivity index (χ4n) is 1.50. The first kappa shape index (κ1) is 16.8. The van der Waals surface area contributed by atoms with Crippen LogP contribution in [0, 0.1) is 0 Å². The molecule has 1 atom stereocenters. The first-order valence-corrected chi connectivity index (χ1v) is 8.21. The summed E-state index contributed by atoms with van der Waals surface area (Å²) < 4.78 is 5.76. The molecule has 1 unspecified atom stereocenters. The van der Waals surface area contributed by atoms with Crippen molar-refractivity contribution in [1.29, 1.82) is 0 Å². The Hall–Kier alpha value is -0.270. The number of rotatable bonds is 9. The average molecular weight is 324 g/mol. The molecule has 1 rings (SSSR count). The number of amides is 1. The van der Waals surface area contributed by atoms with Crippen LogP contribution in [0.15, 0.2) is 12.1 Å². The molecule has 1 amide bonds. The van der Waals surface area contributed by atoms with Gasteiger partial charge < -0.3 is 15.2 Å². The summed E-state index contributed by atoms with van der Waals surface area (Å²) in [6.07, 6.45) is 0.505. The van der Waals surface area contributed by atoms with Gasteiger partial charge in [-0.25, -0.2) is 0 Å². The number of carbonyl (C=O) groups excluding carboxylic acids is 1. The summed E-state index contributed by atoms with van der Waals surface area (Å²) in [6.45, 7) is 0.451. The standard InChI is InChI=1S/C12H18ClNO3S2/c1-17-6-9(4-5-15)14-12(16)8-18-7-10-2-3-11(13)19-10/h2-3,9,15H,4-8H2,1H3,(H,14,16). The van der Waals surface area contributed by atoms with Gasteiger partial charge in [0.15, 0.2) is 0 Å². The van der Waals surface area contributed by atoms with Crippen molar-refractivity contribution in [3.05, 3.63) is 21.3 Å². The topological polar surface area (TPSA) is 58.6 Å². The second-order valence-electron chi connectivity index (χ2n) is 3.93. The van der Waals surface area contributed by atoms with E-state index in [-0.39, 0.29) is 18.6 Å². The SMILES string of the molecule is COCC(CCO)NC(=O)CSCc1ccc(Cl)s1. The van der Waals surface area contributed by atoms with E-state index in [1.54, 1.807) is 18.9 Å². The summed E-state index contributed by atoms with van der Waals surface area (Å²) in [5, 5.41) is 11.7. The number of hydrogen-bond acceptors (Lipinski definition) is 5. The van der Waals surface area contributed by atoms with Crippen molar-refractivity contribution in [2.45, 2.75) is 18.2 Å². The molecule has 4 nitrogen and oxygen atoms in total. The minimum Gasteiger partial charge on any atom is -0.396 e. The van der Waals surface area contributed by atoms with E-state index in [0.29, 0.717) is 18.8 Å². The molecule has 1 aromatic heterocycles. The lowest BCUT2D eigenvalue weighted by molar-refractivity contribution is -0.119. The highest BCUT2D eigenvalue weighted by molar-refractivity contribution is 7.99. The van der Waals surface area contributed by atoms with Gasteiger partial charge in [-0.3, -0.25) is 4.79 Å². The number of ether oxygens (including phenoxy) is 1. The Labute approximate surface area is 126 Å². The fourth-order valence-corrected chi connectivity index (χ4v) is 3.53. The number of halogens is 1. The van der Waals surface area contributed by atoms with Crippen LogP contribution in [0.4, 0.5) is 0 Å².